The summed E-state index contributed by atoms with van der Waals surface area (Å²) < 4.78 is 13.3. The van der Waals surface area contributed by atoms with Crippen LogP contribution in [-0.2, 0) is 21.8 Å². The molecule has 30 heavy (non-hydrogen) atoms. The van der Waals surface area contributed by atoms with E-state index in [1.165, 1.54) is 6.33 Å². The molecule has 0 bridgehead atoms. The van der Waals surface area contributed by atoms with Gasteiger partial charge in [0.05, 0.1) is 23.8 Å². The molecule has 0 aliphatic carbocycles. The molecule has 0 saturated carbocycles. The van der Waals surface area contributed by atoms with Gasteiger partial charge in [-0.1, -0.05) is 47.5 Å². The lowest BCUT2D eigenvalue weighted by Gasteiger charge is -2.29. The molecule has 158 valence electrons. The van der Waals surface area contributed by atoms with Crippen molar-refractivity contribution in [3.05, 3.63) is 82.4 Å². The van der Waals surface area contributed by atoms with Crippen molar-refractivity contribution in [3.8, 4) is 0 Å². The molecule has 1 aliphatic rings. The van der Waals surface area contributed by atoms with Gasteiger partial charge in [-0.25, -0.2) is 14.5 Å². The van der Waals surface area contributed by atoms with Crippen LogP contribution in [0.2, 0.25) is 10.0 Å². The lowest BCUT2D eigenvalue weighted by molar-refractivity contribution is -0.191. The minimum Gasteiger partial charge on any atom is -0.478 e. The van der Waals surface area contributed by atoms with E-state index < -0.39 is 17.9 Å². The predicted octanol–water partition coefficient (Wildman–Crippen LogP) is 3.23. The number of carbonyl (C=O) groups is 1. The van der Waals surface area contributed by atoms with E-state index in [0.29, 0.717) is 21.2 Å². The van der Waals surface area contributed by atoms with E-state index >= 15 is 0 Å². The van der Waals surface area contributed by atoms with Gasteiger partial charge in [0.1, 0.15) is 25.3 Å². The van der Waals surface area contributed by atoms with Crippen molar-refractivity contribution in [1.82, 2.24) is 14.8 Å². The Morgan fingerprint density at radius 2 is 2.00 bits per heavy atom. The van der Waals surface area contributed by atoms with Crippen molar-refractivity contribution < 1.29 is 24.5 Å². The van der Waals surface area contributed by atoms with E-state index in [-0.39, 0.29) is 19.8 Å². The van der Waals surface area contributed by atoms with E-state index in [0.717, 1.165) is 0 Å². The van der Waals surface area contributed by atoms with Crippen molar-refractivity contribution >= 4 is 29.2 Å². The van der Waals surface area contributed by atoms with Crippen LogP contribution < -0.4 is 0 Å². The molecule has 0 amide bonds. The van der Waals surface area contributed by atoms with Crippen LogP contribution in [0.5, 0.6) is 0 Å². The highest BCUT2D eigenvalue weighted by molar-refractivity contribution is 6.35. The van der Waals surface area contributed by atoms with Gasteiger partial charge in [-0.2, -0.15) is 5.10 Å². The van der Waals surface area contributed by atoms with Gasteiger partial charge >= 0.3 is 5.97 Å². The number of nitrogens with zero attached hydrogens (tertiary/aromatic N) is 3. The SMILES string of the molecule is O=C(O)c1ccccc1.OCC1COC(Cn2cncn2)(c2ccc(Cl)cc2Cl)O1. The zero-order valence-corrected chi connectivity index (χ0v) is 17.2. The summed E-state index contributed by atoms with van der Waals surface area (Å²) in [6.07, 6.45) is 2.57. The molecular formula is C20H19Cl2N3O5. The minimum atomic E-state index is -1.12. The van der Waals surface area contributed by atoms with Gasteiger partial charge in [0.15, 0.2) is 0 Å². The number of hydrogen-bond acceptors (Lipinski definition) is 6. The van der Waals surface area contributed by atoms with Gasteiger partial charge in [0.25, 0.3) is 0 Å². The largest absolute Gasteiger partial charge is 0.478 e. The van der Waals surface area contributed by atoms with Crippen LogP contribution in [0.3, 0.4) is 0 Å². The number of aliphatic hydroxyl groups excluding tert-OH is 1. The molecule has 1 aliphatic heterocycles. The molecule has 1 fully saturated rings. The summed E-state index contributed by atoms with van der Waals surface area (Å²) in [7, 11) is 0. The standard InChI is InChI=1S/C13H13Cl2N3O3.C7H6O2/c14-9-1-2-11(12(15)3-9)13(6-18-8-16-7-17-18)20-5-10(4-19)21-13;8-7(9)6-4-2-1-3-5-6/h1-3,7-8,10,19H,4-6H2;1-5H,(H,8,9). The Morgan fingerprint density at radius 1 is 1.23 bits per heavy atom. The molecule has 2 unspecified atom stereocenters. The summed E-state index contributed by atoms with van der Waals surface area (Å²) in [6, 6.07) is 13.4. The first-order valence-electron chi connectivity index (χ1n) is 8.92. The summed E-state index contributed by atoms with van der Waals surface area (Å²) in [5.74, 6) is -2.00. The smallest absolute Gasteiger partial charge is 0.335 e. The first-order chi connectivity index (χ1) is 14.4. The Bertz CT molecular complexity index is 972. The molecule has 1 aromatic heterocycles. The molecule has 2 atom stereocenters. The molecule has 10 heteroatoms. The van der Waals surface area contributed by atoms with E-state index in [1.807, 2.05) is 0 Å². The molecule has 2 aromatic carbocycles. The Kier molecular flexibility index (Phi) is 7.41. The molecule has 0 radical (unpaired) electrons. The topological polar surface area (TPSA) is 107 Å². The Labute approximate surface area is 182 Å². The summed E-state index contributed by atoms with van der Waals surface area (Å²) in [4.78, 5) is 14.1. The maximum atomic E-state index is 10.2. The first-order valence-corrected chi connectivity index (χ1v) is 9.68. The highest BCUT2D eigenvalue weighted by atomic mass is 35.5. The van der Waals surface area contributed by atoms with Crippen LogP contribution in [0.25, 0.3) is 0 Å². The number of aromatic carboxylic acids is 1. The van der Waals surface area contributed by atoms with Crippen LogP contribution in [0, 0.1) is 0 Å². The maximum absolute atomic E-state index is 10.2. The predicted molar refractivity (Wildman–Crippen MR) is 109 cm³/mol. The number of hydrogen-bond donors (Lipinski definition) is 2. The van der Waals surface area contributed by atoms with Crippen molar-refractivity contribution in [2.75, 3.05) is 13.2 Å². The van der Waals surface area contributed by atoms with E-state index in [1.54, 1.807) is 59.5 Å². The van der Waals surface area contributed by atoms with Crippen LogP contribution >= 0.6 is 23.2 Å². The summed E-state index contributed by atoms with van der Waals surface area (Å²) in [6.45, 7) is 0.402. The second kappa shape index (κ2) is 10.0. The summed E-state index contributed by atoms with van der Waals surface area (Å²) in [5.41, 5.74) is 0.970. The number of halogens is 2. The van der Waals surface area contributed by atoms with Crippen LogP contribution in [-0.4, -0.2) is 50.3 Å². The monoisotopic (exact) mass is 451 g/mol. The van der Waals surface area contributed by atoms with Crippen molar-refractivity contribution in [1.29, 1.82) is 0 Å². The lowest BCUT2D eigenvalue weighted by atomic mass is 10.1. The fourth-order valence-electron chi connectivity index (χ4n) is 2.87. The van der Waals surface area contributed by atoms with E-state index in [2.05, 4.69) is 10.1 Å². The van der Waals surface area contributed by atoms with Crippen LogP contribution in [0.4, 0.5) is 0 Å². The molecule has 8 nitrogen and oxygen atoms in total. The van der Waals surface area contributed by atoms with Crippen molar-refractivity contribution in [2.24, 2.45) is 0 Å². The second-order valence-corrected chi connectivity index (χ2v) is 7.22. The van der Waals surface area contributed by atoms with Gasteiger partial charge in [-0.15, -0.1) is 0 Å². The molecule has 2 N–H and O–H groups in total. The van der Waals surface area contributed by atoms with Gasteiger partial charge in [0, 0.05) is 10.6 Å². The molecule has 3 aromatic rings. The van der Waals surface area contributed by atoms with Gasteiger partial charge in [-0.05, 0) is 24.3 Å². The molecule has 2 heterocycles. The number of ether oxygens (including phenoxy) is 2. The highest BCUT2D eigenvalue weighted by Gasteiger charge is 2.45. The number of aromatic nitrogens is 3. The summed E-state index contributed by atoms with van der Waals surface area (Å²) >= 11 is 12.2. The normalized spacial score (nSPS) is 20.4. The Hall–Kier alpha value is -2.49. The van der Waals surface area contributed by atoms with Crippen molar-refractivity contribution in [2.45, 2.75) is 18.4 Å². The van der Waals surface area contributed by atoms with Gasteiger partial charge in [0.2, 0.25) is 5.79 Å². The fraction of sp³-hybridized carbons (Fsp3) is 0.250. The maximum Gasteiger partial charge on any atom is 0.335 e. The molecular weight excluding hydrogens is 433 g/mol. The molecule has 0 spiro atoms. The zero-order valence-electron chi connectivity index (χ0n) is 15.7. The second-order valence-electron chi connectivity index (χ2n) is 6.37. The van der Waals surface area contributed by atoms with Crippen LogP contribution in [0.15, 0.2) is 61.2 Å². The first kappa shape index (κ1) is 22.2. The number of carboxylic acids is 1. The average Bonchev–Trinajstić information content (AvgIpc) is 3.40. The Morgan fingerprint density at radius 3 is 2.53 bits per heavy atom. The quantitative estimate of drug-likeness (QED) is 0.612. The lowest BCUT2D eigenvalue weighted by Crippen LogP contribution is -2.34. The number of rotatable bonds is 5. The number of carboxylic acid groups (broad SMARTS) is 1. The number of benzene rings is 2. The van der Waals surface area contributed by atoms with Gasteiger partial charge < -0.3 is 19.7 Å². The van der Waals surface area contributed by atoms with Crippen molar-refractivity contribution in [3.63, 3.8) is 0 Å². The third-order valence-corrected chi connectivity index (χ3v) is 4.81. The average molecular weight is 452 g/mol. The minimum absolute atomic E-state index is 0.135. The van der Waals surface area contributed by atoms with Gasteiger partial charge in [-0.3, -0.25) is 0 Å². The van der Waals surface area contributed by atoms with E-state index in [9.17, 15) is 9.90 Å². The summed E-state index contributed by atoms with van der Waals surface area (Å²) in [5, 5.41) is 22.7. The zero-order chi connectivity index (χ0) is 21.6. The van der Waals surface area contributed by atoms with Crippen LogP contribution in [0.1, 0.15) is 15.9 Å². The number of aliphatic hydroxyl groups is 1. The molecule has 4 rings (SSSR count). The third kappa shape index (κ3) is 5.35. The van der Waals surface area contributed by atoms with E-state index in [4.69, 9.17) is 37.8 Å². The Balaban J connectivity index is 0.000000239. The third-order valence-electron chi connectivity index (χ3n) is 4.26. The highest BCUT2D eigenvalue weighted by Crippen LogP contribution is 2.40. The fourth-order valence-corrected chi connectivity index (χ4v) is 3.42. The molecule has 1 saturated heterocycles.